The zero-order valence-electron chi connectivity index (χ0n) is 9.63. The van der Waals surface area contributed by atoms with E-state index in [1.807, 2.05) is 6.92 Å². The lowest BCUT2D eigenvalue weighted by Crippen LogP contribution is -2.19. The first kappa shape index (κ1) is 13.4. The largest absolute Gasteiger partial charge is 0.388 e. The molecule has 0 bridgehead atoms. The molecule has 3 heteroatoms. The van der Waals surface area contributed by atoms with Gasteiger partial charge in [-0.25, -0.2) is 0 Å². The Labute approximate surface area is 88.0 Å². The van der Waals surface area contributed by atoms with Gasteiger partial charge in [0.25, 0.3) is 0 Å². The van der Waals surface area contributed by atoms with Crippen LogP contribution in [0.3, 0.4) is 0 Å². The van der Waals surface area contributed by atoms with Crippen LogP contribution in [-0.4, -0.2) is 18.4 Å². The Morgan fingerprint density at radius 2 is 1.86 bits per heavy atom. The Hall–Kier alpha value is -0.570. The van der Waals surface area contributed by atoms with Gasteiger partial charge in [-0.3, -0.25) is 4.99 Å². The van der Waals surface area contributed by atoms with Gasteiger partial charge >= 0.3 is 0 Å². The van der Waals surface area contributed by atoms with Gasteiger partial charge in [-0.15, -0.1) is 0 Å². The summed E-state index contributed by atoms with van der Waals surface area (Å²) >= 11 is 0. The first-order valence-corrected chi connectivity index (χ1v) is 5.69. The lowest BCUT2D eigenvalue weighted by Gasteiger charge is -2.09. The number of unbranched alkanes of at least 4 members (excludes halogenated alkanes) is 2. The number of nitrogens with two attached hydrogens (primary N) is 2. The van der Waals surface area contributed by atoms with E-state index in [-0.39, 0.29) is 0 Å². The average Bonchev–Trinajstić information content (AvgIpc) is 2.13. The molecule has 0 rings (SSSR count). The molecule has 84 valence electrons. The molecule has 14 heavy (non-hydrogen) atoms. The summed E-state index contributed by atoms with van der Waals surface area (Å²) in [6, 6.07) is 0.387. The van der Waals surface area contributed by atoms with E-state index < -0.39 is 0 Å². The molecule has 0 aliphatic rings. The van der Waals surface area contributed by atoms with Crippen molar-refractivity contribution >= 4 is 5.84 Å². The van der Waals surface area contributed by atoms with E-state index in [2.05, 4.69) is 11.9 Å². The molecule has 0 aromatic rings. The Kier molecular flexibility index (Phi) is 8.64. The Bertz CT molecular complexity index is 151. The lowest BCUT2D eigenvalue weighted by molar-refractivity contribution is 0.515. The van der Waals surface area contributed by atoms with Crippen LogP contribution >= 0.6 is 0 Å². The predicted molar refractivity (Wildman–Crippen MR) is 63.5 cm³/mol. The first-order chi connectivity index (χ1) is 6.66. The van der Waals surface area contributed by atoms with Gasteiger partial charge < -0.3 is 11.5 Å². The van der Waals surface area contributed by atoms with Crippen molar-refractivity contribution in [3.05, 3.63) is 0 Å². The molecule has 0 heterocycles. The van der Waals surface area contributed by atoms with Gasteiger partial charge in [0, 0.05) is 12.6 Å². The van der Waals surface area contributed by atoms with Crippen molar-refractivity contribution in [1.29, 1.82) is 0 Å². The standard InChI is InChI=1S/C11H25N3/c1-3-4-7-11(13)8-5-6-9-14-10(2)12/h11H,3-9,13H2,1-2H3,(H2,12,14). The Morgan fingerprint density at radius 1 is 1.21 bits per heavy atom. The maximum Gasteiger partial charge on any atom is 0.0905 e. The van der Waals surface area contributed by atoms with Crippen LogP contribution in [0.1, 0.15) is 52.4 Å². The number of hydrogen-bond donors (Lipinski definition) is 2. The van der Waals surface area contributed by atoms with E-state index in [9.17, 15) is 0 Å². The summed E-state index contributed by atoms with van der Waals surface area (Å²) in [4.78, 5) is 4.14. The van der Waals surface area contributed by atoms with Crippen LogP contribution < -0.4 is 11.5 Å². The zero-order valence-corrected chi connectivity index (χ0v) is 9.63. The summed E-state index contributed by atoms with van der Waals surface area (Å²) in [5.74, 6) is 0.681. The molecule has 3 nitrogen and oxygen atoms in total. The van der Waals surface area contributed by atoms with Crippen LogP contribution in [0.25, 0.3) is 0 Å². The SMILES string of the molecule is CCCCC(N)CCCCN=C(C)N. The highest BCUT2D eigenvalue weighted by Crippen LogP contribution is 2.06. The molecule has 0 saturated heterocycles. The monoisotopic (exact) mass is 199 g/mol. The molecule has 0 aliphatic heterocycles. The minimum Gasteiger partial charge on any atom is -0.388 e. The molecule has 0 saturated carbocycles. The van der Waals surface area contributed by atoms with Gasteiger partial charge in [0.2, 0.25) is 0 Å². The van der Waals surface area contributed by atoms with Crippen molar-refractivity contribution < 1.29 is 0 Å². The maximum atomic E-state index is 5.94. The van der Waals surface area contributed by atoms with Crippen molar-refractivity contribution in [3.63, 3.8) is 0 Å². The molecule has 0 radical (unpaired) electrons. The predicted octanol–water partition coefficient (Wildman–Crippen LogP) is 2.05. The molecule has 4 N–H and O–H groups in total. The molecule has 1 unspecified atom stereocenters. The number of amidine groups is 1. The van der Waals surface area contributed by atoms with Crippen LogP contribution in [0, 0.1) is 0 Å². The second-order valence-corrected chi connectivity index (χ2v) is 3.92. The van der Waals surface area contributed by atoms with Crippen molar-refractivity contribution in [1.82, 2.24) is 0 Å². The lowest BCUT2D eigenvalue weighted by atomic mass is 10.0. The normalized spacial score (nSPS) is 14.4. The van der Waals surface area contributed by atoms with Gasteiger partial charge in [-0.2, -0.15) is 0 Å². The molecular weight excluding hydrogens is 174 g/mol. The third-order valence-corrected chi connectivity index (χ3v) is 2.27. The van der Waals surface area contributed by atoms with E-state index in [4.69, 9.17) is 11.5 Å². The zero-order chi connectivity index (χ0) is 10.8. The van der Waals surface area contributed by atoms with Crippen molar-refractivity contribution in [3.8, 4) is 0 Å². The Balaban J connectivity index is 3.22. The highest BCUT2D eigenvalue weighted by Gasteiger charge is 2.00. The molecule has 0 spiro atoms. The molecule has 0 aliphatic carbocycles. The van der Waals surface area contributed by atoms with Crippen molar-refractivity contribution in [2.75, 3.05) is 6.54 Å². The quantitative estimate of drug-likeness (QED) is 0.357. The fraction of sp³-hybridized carbons (Fsp3) is 0.909. The number of aliphatic imine (C=N–C) groups is 1. The third-order valence-electron chi connectivity index (χ3n) is 2.27. The fourth-order valence-corrected chi connectivity index (χ4v) is 1.38. The second kappa shape index (κ2) is 9.00. The summed E-state index contributed by atoms with van der Waals surface area (Å²) in [5.41, 5.74) is 11.4. The van der Waals surface area contributed by atoms with Crippen LogP contribution in [0.2, 0.25) is 0 Å². The van der Waals surface area contributed by atoms with E-state index in [1.165, 1.54) is 19.3 Å². The van der Waals surface area contributed by atoms with Crippen molar-refractivity contribution in [2.24, 2.45) is 16.5 Å². The highest BCUT2D eigenvalue weighted by atomic mass is 14.8. The van der Waals surface area contributed by atoms with Crippen LogP contribution in [-0.2, 0) is 0 Å². The van der Waals surface area contributed by atoms with Gasteiger partial charge in [0.05, 0.1) is 5.84 Å². The fourth-order valence-electron chi connectivity index (χ4n) is 1.38. The molecule has 0 amide bonds. The number of hydrogen-bond acceptors (Lipinski definition) is 2. The first-order valence-electron chi connectivity index (χ1n) is 5.69. The molecule has 0 fully saturated rings. The third kappa shape index (κ3) is 9.52. The van der Waals surface area contributed by atoms with Crippen LogP contribution in [0.5, 0.6) is 0 Å². The number of rotatable bonds is 8. The van der Waals surface area contributed by atoms with Crippen LogP contribution in [0.4, 0.5) is 0 Å². The van der Waals surface area contributed by atoms with E-state index in [0.29, 0.717) is 11.9 Å². The minimum absolute atomic E-state index is 0.387. The summed E-state index contributed by atoms with van der Waals surface area (Å²) in [7, 11) is 0. The smallest absolute Gasteiger partial charge is 0.0905 e. The van der Waals surface area contributed by atoms with Crippen molar-refractivity contribution in [2.45, 2.75) is 58.4 Å². The van der Waals surface area contributed by atoms with Crippen LogP contribution in [0.15, 0.2) is 4.99 Å². The molecule has 0 aromatic heterocycles. The van der Waals surface area contributed by atoms with Gasteiger partial charge in [-0.05, 0) is 26.2 Å². The molecular formula is C11H25N3. The maximum absolute atomic E-state index is 5.94. The van der Waals surface area contributed by atoms with Gasteiger partial charge in [0.15, 0.2) is 0 Å². The van der Waals surface area contributed by atoms with E-state index in [1.54, 1.807) is 0 Å². The average molecular weight is 199 g/mol. The highest BCUT2D eigenvalue weighted by molar-refractivity contribution is 5.77. The summed E-state index contributed by atoms with van der Waals surface area (Å²) in [6.45, 7) is 4.88. The minimum atomic E-state index is 0.387. The second-order valence-electron chi connectivity index (χ2n) is 3.92. The topological polar surface area (TPSA) is 64.4 Å². The summed E-state index contributed by atoms with van der Waals surface area (Å²) < 4.78 is 0. The number of nitrogens with zero attached hydrogens (tertiary/aromatic N) is 1. The van der Waals surface area contributed by atoms with Gasteiger partial charge in [0.1, 0.15) is 0 Å². The van der Waals surface area contributed by atoms with E-state index in [0.717, 1.165) is 25.8 Å². The summed E-state index contributed by atoms with van der Waals surface area (Å²) in [6.07, 6.45) is 7.05. The molecule has 0 aromatic carbocycles. The molecule has 1 atom stereocenters. The Morgan fingerprint density at radius 3 is 2.43 bits per heavy atom. The van der Waals surface area contributed by atoms with Gasteiger partial charge in [-0.1, -0.05) is 26.2 Å². The van der Waals surface area contributed by atoms with E-state index >= 15 is 0 Å². The summed E-state index contributed by atoms with van der Waals surface area (Å²) in [5, 5.41) is 0.